The molecule has 0 saturated carbocycles. The average molecular weight is 541 g/mol. The smallest absolute Gasteiger partial charge is 0.337 e. The highest BCUT2D eigenvalue weighted by molar-refractivity contribution is 6.46. The molecule has 0 spiro atoms. The predicted octanol–water partition coefficient (Wildman–Crippen LogP) is 4.64. The van der Waals surface area contributed by atoms with Gasteiger partial charge in [-0.15, -0.1) is 0 Å². The number of ketones is 1. The number of hydrogen-bond acceptors (Lipinski definition) is 7. The van der Waals surface area contributed by atoms with Crippen LogP contribution in [-0.2, 0) is 20.7 Å². The molecule has 1 atom stereocenters. The van der Waals surface area contributed by atoms with Crippen LogP contribution in [0, 0.1) is 0 Å². The molecule has 1 fully saturated rings. The van der Waals surface area contributed by atoms with E-state index in [1.807, 2.05) is 24.4 Å². The molecule has 2 heterocycles. The van der Waals surface area contributed by atoms with Crippen LogP contribution in [0.1, 0.15) is 33.1 Å². The van der Waals surface area contributed by atoms with Gasteiger partial charge in [0.05, 0.1) is 38.5 Å². The molecule has 1 amide bonds. The highest BCUT2D eigenvalue weighted by atomic mass is 16.5. The number of hydrogen-bond donors (Lipinski definition) is 2. The van der Waals surface area contributed by atoms with Gasteiger partial charge in [0.1, 0.15) is 17.3 Å². The average Bonchev–Trinajstić information content (AvgIpc) is 3.52. The van der Waals surface area contributed by atoms with Crippen LogP contribution in [0.3, 0.4) is 0 Å². The van der Waals surface area contributed by atoms with Crippen molar-refractivity contribution < 1.29 is 33.7 Å². The first-order valence-electron chi connectivity index (χ1n) is 12.6. The van der Waals surface area contributed by atoms with E-state index in [2.05, 4.69) is 4.98 Å². The van der Waals surface area contributed by atoms with Crippen LogP contribution in [-0.4, -0.2) is 60.5 Å². The highest BCUT2D eigenvalue weighted by Gasteiger charge is 2.46. The molecule has 0 bridgehead atoms. The fourth-order valence-electron chi connectivity index (χ4n) is 5.03. The Balaban J connectivity index is 1.57. The zero-order valence-corrected chi connectivity index (χ0v) is 22.3. The lowest BCUT2D eigenvalue weighted by Crippen LogP contribution is -2.31. The number of aliphatic hydroxyl groups excluding tert-OH is 1. The van der Waals surface area contributed by atoms with E-state index in [4.69, 9.17) is 14.2 Å². The van der Waals surface area contributed by atoms with E-state index in [0.29, 0.717) is 34.6 Å². The monoisotopic (exact) mass is 540 g/mol. The second-order valence-electron chi connectivity index (χ2n) is 9.31. The van der Waals surface area contributed by atoms with Gasteiger partial charge in [-0.1, -0.05) is 24.3 Å². The molecule has 9 heteroatoms. The minimum absolute atomic E-state index is 0.0373. The Bertz CT molecular complexity index is 1640. The third-order valence-corrected chi connectivity index (χ3v) is 7.13. The van der Waals surface area contributed by atoms with E-state index in [1.165, 1.54) is 19.1 Å². The quantitative estimate of drug-likeness (QED) is 0.145. The van der Waals surface area contributed by atoms with Gasteiger partial charge in [-0.2, -0.15) is 0 Å². The normalized spacial score (nSPS) is 16.4. The number of nitrogens with one attached hydrogen (secondary N) is 1. The second kappa shape index (κ2) is 11.0. The number of likely N-dealkylation sites (tertiary alicyclic amines) is 1. The van der Waals surface area contributed by atoms with Gasteiger partial charge in [0.25, 0.3) is 11.7 Å². The lowest BCUT2D eigenvalue weighted by molar-refractivity contribution is -0.139. The number of aromatic nitrogens is 1. The van der Waals surface area contributed by atoms with Crippen molar-refractivity contribution in [3.63, 3.8) is 0 Å². The molecule has 5 rings (SSSR count). The summed E-state index contributed by atoms with van der Waals surface area (Å²) >= 11 is 0. The Kier molecular flexibility index (Phi) is 7.29. The largest absolute Gasteiger partial charge is 0.507 e. The van der Waals surface area contributed by atoms with Crippen molar-refractivity contribution >= 4 is 34.3 Å². The van der Waals surface area contributed by atoms with Crippen LogP contribution in [0.15, 0.2) is 78.5 Å². The molecule has 3 aromatic carbocycles. The number of benzene rings is 3. The number of carbonyl (C=O) groups excluding carboxylic acids is 3. The van der Waals surface area contributed by atoms with E-state index in [-0.39, 0.29) is 17.9 Å². The maximum atomic E-state index is 13.4. The van der Waals surface area contributed by atoms with Crippen molar-refractivity contribution in [2.75, 3.05) is 27.9 Å². The first-order valence-corrected chi connectivity index (χ1v) is 12.6. The van der Waals surface area contributed by atoms with E-state index in [9.17, 15) is 19.5 Å². The molecule has 0 aliphatic carbocycles. The Morgan fingerprint density at radius 1 is 0.925 bits per heavy atom. The second-order valence-corrected chi connectivity index (χ2v) is 9.31. The molecular weight excluding hydrogens is 512 g/mol. The molecule has 1 saturated heterocycles. The zero-order valence-electron chi connectivity index (χ0n) is 22.3. The van der Waals surface area contributed by atoms with Gasteiger partial charge in [-0.3, -0.25) is 9.59 Å². The van der Waals surface area contributed by atoms with Gasteiger partial charge in [0.2, 0.25) is 0 Å². The van der Waals surface area contributed by atoms with Crippen LogP contribution in [0.2, 0.25) is 0 Å². The van der Waals surface area contributed by atoms with Crippen molar-refractivity contribution in [3.8, 4) is 11.5 Å². The summed E-state index contributed by atoms with van der Waals surface area (Å²) in [7, 11) is 4.39. The van der Waals surface area contributed by atoms with Crippen molar-refractivity contribution in [1.29, 1.82) is 0 Å². The molecule has 4 aromatic rings. The maximum Gasteiger partial charge on any atom is 0.337 e. The minimum Gasteiger partial charge on any atom is -0.507 e. The van der Waals surface area contributed by atoms with Gasteiger partial charge < -0.3 is 29.2 Å². The summed E-state index contributed by atoms with van der Waals surface area (Å²) in [6, 6.07) is 17.9. The van der Waals surface area contributed by atoms with Crippen molar-refractivity contribution in [3.05, 3.63) is 101 Å². The molecule has 2 N–H and O–H groups in total. The highest BCUT2D eigenvalue weighted by Crippen LogP contribution is 2.40. The molecule has 1 aromatic heterocycles. The summed E-state index contributed by atoms with van der Waals surface area (Å²) < 4.78 is 15.4. The van der Waals surface area contributed by atoms with Gasteiger partial charge in [0, 0.05) is 29.2 Å². The maximum absolute atomic E-state index is 13.4. The third kappa shape index (κ3) is 4.77. The Labute approximate surface area is 230 Å². The molecule has 1 aliphatic heterocycles. The summed E-state index contributed by atoms with van der Waals surface area (Å²) in [6.07, 6.45) is 2.31. The fraction of sp³-hybridized carbons (Fsp3) is 0.194. The van der Waals surface area contributed by atoms with Gasteiger partial charge in [-0.25, -0.2) is 4.79 Å². The number of esters is 1. The van der Waals surface area contributed by atoms with E-state index >= 15 is 0 Å². The van der Waals surface area contributed by atoms with Crippen molar-refractivity contribution in [2.24, 2.45) is 0 Å². The molecule has 0 radical (unpaired) electrons. The molecule has 1 unspecified atom stereocenters. The fourth-order valence-corrected chi connectivity index (χ4v) is 5.03. The van der Waals surface area contributed by atoms with Crippen LogP contribution in [0.25, 0.3) is 16.7 Å². The zero-order chi connectivity index (χ0) is 28.4. The lowest BCUT2D eigenvalue weighted by Gasteiger charge is -2.25. The van der Waals surface area contributed by atoms with Crippen LogP contribution in [0.5, 0.6) is 11.5 Å². The molecule has 9 nitrogen and oxygen atoms in total. The first kappa shape index (κ1) is 26.6. The van der Waals surface area contributed by atoms with E-state index < -0.39 is 23.7 Å². The molecule has 204 valence electrons. The third-order valence-electron chi connectivity index (χ3n) is 7.13. The summed E-state index contributed by atoms with van der Waals surface area (Å²) in [6.45, 7) is 0.201. The van der Waals surface area contributed by atoms with Gasteiger partial charge in [-0.05, 0) is 60.0 Å². The number of ether oxygens (including phenoxy) is 3. The number of carbonyl (C=O) groups is 3. The van der Waals surface area contributed by atoms with E-state index in [1.54, 1.807) is 55.6 Å². The van der Waals surface area contributed by atoms with Crippen LogP contribution in [0.4, 0.5) is 0 Å². The number of aliphatic hydroxyl groups is 1. The Hall–Kier alpha value is -5.05. The number of aromatic amines is 1. The summed E-state index contributed by atoms with van der Waals surface area (Å²) in [5, 5.41) is 12.3. The molecule has 40 heavy (non-hydrogen) atoms. The SMILES string of the molecule is COC(=O)c1ccc(C2/C(=C(/O)c3cccc(OC)c3)C(=O)C(=O)N2CCc2c[nH]c3ccc(OC)cc23)cc1. The summed E-state index contributed by atoms with van der Waals surface area (Å²) in [5.41, 5.74) is 3.07. The van der Waals surface area contributed by atoms with Gasteiger partial charge >= 0.3 is 5.97 Å². The lowest BCUT2D eigenvalue weighted by atomic mass is 9.94. The van der Waals surface area contributed by atoms with Gasteiger partial charge in [0.15, 0.2) is 0 Å². The standard InChI is InChI=1S/C31H28N2O7/c1-38-22-6-4-5-20(15-22)28(34)26-27(18-7-9-19(10-8-18)31(37)40-3)33(30(36)29(26)35)14-13-21-17-32-25-12-11-23(39-2)16-24(21)25/h4-12,15-17,27,32,34H,13-14H2,1-3H3/b28-26-. The topological polar surface area (TPSA) is 118 Å². The predicted molar refractivity (Wildman–Crippen MR) is 148 cm³/mol. The number of Topliss-reactive ketones (excluding diaryl/α,β-unsaturated/α-hetero) is 1. The van der Waals surface area contributed by atoms with Crippen LogP contribution < -0.4 is 9.47 Å². The van der Waals surface area contributed by atoms with Crippen molar-refractivity contribution in [2.45, 2.75) is 12.5 Å². The number of nitrogens with zero attached hydrogens (tertiary/aromatic N) is 1. The van der Waals surface area contributed by atoms with Crippen LogP contribution >= 0.6 is 0 Å². The minimum atomic E-state index is -0.877. The Morgan fingerprint density at radius 2 is 1.65 bits per heavy atom. The molecule has 1 aliphatic rings. The number of fused-ring (bicyclic) bond motifs is 1. The summed E-state index contributed by atoms with van der Waals surface area (Å²) in [5.74, 6) is -1.12. The molecular formula is C31H28N2O7. The number of H-pyrrole nitrogens is 1. The Morgan fingerprint density at radius 3 is 2.35 bits per heavy atom. The number of rotatable bonds is 8. The van der Waals surface area contributed by atoms with Crippen molar-refractivity contribution in [1.82, 2.24) is 9.88 Å². The summed E-state index contributed by atoms with van der Waals surface area (Å²) in [4.78, 5) is 43.5. The first-order chi connectivity index (χ1) is 19.4. The number of methoxy groups -OCH3 is 3. The van der Waals surface area contributed by atoms with E-state index in [0.717, 1.165) is 16.5 Å². The number of amides is 1.